The number of ether oxygens (including phenoxy) is 1. The van der Waals surface area contributed by atoms with Gasteiger partial charge in [-0.25, -0.2) is 18.1 Å². The average molecular weight is 1320 g/mol. The molecule has 2 aliphatic carbocycles. The van der Waals surface area contributed by atoms with Gasteiger partial charge in [-0.3, -0.25) is 44.4 Å². The fourth-order valence-electron chi connectivity index (χ4n) is 14.4. The van der Waals surface area contributed by atoms with E-state index in [1.54, 1.807) is 47.1 Å². The van der Waals surface area contributed by atoms with Crippen molar-refractivity contribution < 1.29 is 37.3 Å². The summed E-state index contributed by atoms with van der Waals surface area (Å²) in [4.78, 5) is 83.4. The molecule has 12 rings (SSSR count). The van der Waals surface area contributed by atoms with Crippen molar-refractivity contribution in [2.75, 3.05) is 88.0 Å². The first-order valence-corrected chi connectivity index (χ1v) is 35.9. The molecule has 6 aliphatic rings. The van der Waals surface area contributed by atoms with Gasteiger partial charge >= 0.3 is 0 Å². The molecule has 0 radical (unpaired) electrons. The first-order valence-electron chi connectivity index (χ1n) is 33.0. The summed E-state index contributed by atoms with van der Waals surface area (Å²) in [6.07, 6.45) is 16.9. The molecule has 6 heterocycles. The highest BCUT2D eigenvalue weighted by atomic mass is 35.5. The maximum atomic E-state index is 14.2. The number of rotatable bonds is 24. The van der Waals surface area contributed by atoms with Crippen molar-refractivity contribution in [3.63, 3.8) is 0 Å². The summed E-state index contributed by atoms with van der Waals surface area (Å²) in [5.41, 5.74) is 7.19. The molecule has 1 unspecified atom stereocenters. The number of anilines is 2. The number of carbonyl (C=O) groups excluding carboxylic acids is 4. The molecule has 4 N–H and O–H groups in total. The first-order chi connectivity index (χ1) is 44.9. The molecule has 1 atom stereocenters. The van der Waals surface area contributed by atoms with Crippen molar-refractivity contribution in [1.29, 1.82) is 0 Å². The van der Waals surface area contributed by atoms with Crippen LogP contribution in [-0.2, 0) is 26.2 Å². The quantitative estimate of drug-likeness (QED) is 0.0145. The molecular weight excluding hydrogens is 1240 g/mol. The topological polar surface area (TPSA) is 236 Å². The van der Waals surface area contributed by atoms with E-state index >= 15 is 0 Å². The average Bonchev–Trinajstić information content (AvgIpc) is 1.42. The molecule has 4 amide bonds. The van der Waals surface area contributed by atoms with E-state index in [-0.39, 0.29) is 46.6 Å². The largest absolute Gasteiger partial charge is 0.455 e. The number of fused-ring (bicyclic) bond motifs is 2. The standard InChI is InChI=1S/C70H84ClN11O9S2/c1-70(2)27-25-50(58(42-70)48-13-15-51(71)16-14-48)45-78-32-36-80(37-33-78)53-19-21-57(63(40-53)91-54-39-49-26-28-72-66(49)74-44-54)67(84)76-93(89,90)55-20-22-60(62(41-55)82(87)88)73-43-47-11-17-52(18-12-47)79-34-30-77(31-35-79)29-6-4-3-5-7-38-92-64-10-8-9-56-59(64)46-81(69(56)86)61-23-24-65(83)75-68(61)85/h8-10,13-16,19-22,26,28,39-41,44,47,52,61,73H,3-7,11-12,17-18,23-25,27,29-38,42-43,45-46H2,1-2H3,(H,72,74)(H,76,84)(H,75,83,85). The van der Waals surface area contributed by atoms with Crippen molar-refractivity contribution in [3.8, 4) is 11.5 Å². The van der Waals surface area contributed by atoms with Gasteiger partial charge < -0.3 is 29.7 Å². The van der Waals surface area contributed by atoms with Gasteiger partial charge in [-0.15, -0.1) is 11.8 Å². The number of H-pyrrole nitrogens is 1. The normalized spacial score (nSPS) is 20.8. The minimum Gasteiger partial charge on any atom is -0.455 e. The number of benzene rings is 4. The number of piperidine rings is 1. The summed E-state index contributed by atoms with van der Waals surface area (Å²) in [5, 5.41) is 19.7. The van der Waals surface area contributed by atoms with E-state index in [1.807, 2.05) is 30.3 Å². The number of halogens is 1. The number of nitrogens with zero attached hydrogens (tertiary/aromatic N) is 7. The molecule has 6 aromatic rings. The van der Waals surface area contributed by atoms with Gasteiger partial charge in [0.2, 0.25) is 11.8 Å². The number of piperazine rings is 2. The van der Waals surface area contributed by atoms with E-state index < -0.39 is 37.5 Å². The van der Waals surface area contributed by atoms with Gasteiger partial charge in [-0.1, -0.05) is 68.5 Å². The summed E-state index contributed by atoms with van der Waals surface area (Å²) in [5.74, 6) is -0.0256. The summed E-state index contributed by atoms with van der Waals surface area (Å²) >= 11 is 8.06. The fourth-order valence-corrected chi connectivity index (χ4v) is 16.6. The van der Waals surface area contributed by atoms with Gasteiger partial charge in [0.1, 0.15) is 28.9 Å². The lowest BCUT2D eigenvalue weighted by Gasteiger charge is -2.42. The lowest BCUT2D eigenvalue weighted by molar-refractivity contribution is -0.384. The van der Waals surface area contributed by atoms with Gasteiger partial charge in [-0.2, -0.15) is 0 Å². The highest BCUT2D eigenvalue weighted by Gasteiger charge is 2.40. The highest BCUT2D eigenvalue weighted by Crippen LogP contribution is 2.44. The van der Waals surface area contributed by atoms with Crippen LogP contribution in [0.3, 0.4) is 0 Å². The van der Waals surface area contributed by atoms with E-state index in [0.29, 0.717) is 61.5 Å². The third-order valence-corrected chi connectivity index (χ3v) is 22.5. The Hall–Kier alpha value is -7.34. The number of unbranched alkanes of at least 4 members (excludes halogenated alkanes) is 4. The Bertz CT molecular complexity index is 3890. The zero-order valence-electron chi connectivity index (χ0n) is 53.1. The van der Waals surface area contributed by atoms with Gasteiger partial charge in [0.05, 0.1) is 21.6 Å². The number of hydrogen-bond acceptors (Lipinski definition) is 16. The number of nitrogens with one attached hydrogen (secondary N) is 4. The molecule has 20 nitrogen and oxygen atoms in total. The number of carbonyl (C=O) groups is 4. The van der Waals surface area contributed by atoms with E-state index in [1.165, 1.54) is 54.3 Å². The molecule has 4 aromatic carbocycles. The highest BCUT2D eigenvalue weighted by molar-refractivity contribution is 7.99. The van der Waals surface area contributed by atoms with Crippen LogP contribution in [-0.4, -0.2) is 156 Å². The van der Waals surface area contributed by atoms with E-state index in [0.717, 1.165) is 149 Å². The molecule has 0 spiro atoms. The number of hydrogen-bond donors (Lipinski definition) is 4. The van der Waals surface area contributed by atoms with Crippen LogP contribution in [0.2, 0.25) is 5.02 Å². The van der Waals surface area contributed by atoms with Crippen LogP contribution in [0.1, 0.15) is 136 Å². The number of aromatic nitrogens is 2. The SMILES string of the molecule is CC1(C)CCC(CN2CCN(c3ccc(C(=O)NS(=O)(=O)c4ccc(NCC5CCC(N6CCN(CCCCCCCSc7cccc8c7CN(C7CCC(=O)NC7=O)C8=O)CC6)CC5)c([N+](=O)[O-])c4)c(Oc4cnc5[nH]ccc5c4)c3)CC2)=C(c2ccc(Cl)cc2)C1. The maximum Gasteiger partial charge on any atom is 0.293 e. The Morgan fingerprint density at radius 1 is 0.849 bits per heavy atom. The first kappa shape index (κ1) is 65.7. The van der Waals surface area contributed by atoms with Crippen molar-refractivity contribution in [3.05, 3.63) is 146 Å². The summed E-state index contributed by atoms with van der Waals surface area (Å²) in [7, 11) is -4.61. The predicted molar refractivity (Wildman–Crippen MR) is 364 cm³/mol. The van der Waals surface area contributed by atoms with Crippen LogP contribution >= 0.6 is 23.4 Å². The number of amides is 4. The predicted octanol–water partition coefficient (Wildman–Crippen LogP) is 11.9. The molecule has 4 fully saturated rings. The van der Waals surface area contributed by atoms with Gasteiger partial charge in [0.15, 0.2) is 0 Å². The Balaban J connectivity index is 0.585. The number of nitro groups is 1. The lowest BCUT2D eigenvalue weighted by atomic mass is 9.72. The smallest absolute Gasteiger partial charge is 0.293 e. The van der Waals surface area contributed by atoms with Crippen molar-refractivity contribution >= 4 is 90.7 Å². The molecular formula is C70H84ClN11O9S2. The number of allylic oxidation sites excluding steroid dienone is 1. The zero-order valence-corrected chi connectivity index (χ0v) is 55.5. The molecule has 2 aromatic heterocycles. The van der Waals surface area contributed by atoms with Crippen LogP contribution in [0.25, 0.3) is 16.6 Å². The molecule has 93 heavy (non-hydrogen) atoms. The van der Waals surface area contributed by atoms with Gasteiger partial charge in [-0.05, 0) is 165 Å². The minimum absolute atomic E-state index is 0.0389. The van der Waals surface area contributed by atoms with E-state index in [2.05, 4.69) is 77.0 Å². The molecule has 492 valence electrons. The Morgan fingerprint density at radius 3 is 2.39 bits per heavy atom. The second-order valence-corrected chi connectivity index (χ2v) is 29.9. The Kier molecular flexibility index (Phi) is 20.6. The minimum atomic E-state index is -4.61. The molecule has 23 heteroatoms. The number of sulfonamides is 1. The third-order valence-electron chi connectivity index (χ3n) is 19.8. The molecule has 0 bridgehead atoms. The summed E-state index contributed by atoms with van der Waals surface area (Å²) < 4.78 is 36.7. The Morgan fingerprint density at radius 2 is 1.61 bits per heavy atom. The molecule has 4 aliphatic heterocycles. The summed E-state index contributed by atoms with van der Waals surface area (Å²) in [6.45, 7) is 14.8. The van der Waals surface area contributed by atoms with Crippen LogP contribution in [0.15, 0.2) is 119 Å². The van der Waals surface area contributed by atoms with Crippen molar-refractivity contribution in [2.45, 2.75) is 132 Å². The maximum absolute atomic E-state index is 14.2. The number of imide groups is 1. The fraction of sp³-hybridized carbons (Fsp3) is 0.471. The number of pyridine rings is 1. The van der Waals surface area contributed by atoms with Crippen LogP contribution < -0.4 is 25.0 Å². The van der Waals surface area contributed by atoms with Crippen molar-refractivity contribution in [2.24, 2.45) is 11.3 Å². The molecule has 1 saturated carbocycles. The third kappa shape index (κ3) is 15.9. The summed E-state index contributed by atoms with van der Waals surface area (Å²) in [6, 6.07) is 26.3. The van der Waals surface area contributed by atoms with Gasteiger partial charge in [0, 0.05) is 129 Å². The second kappa shape index (κ2) is 29.1. The number of aromatic amines is 1. The molecule has 3 saturated heterocycles. The Labute approximate surface area is 553 Å². The number of thioether (sulfide) groups is 1. The number of nitro benzene ring substituents is 1. The monoisotopic (exact) mass is 1320 g/mol. The van der Waals surface area contributed by atoms with E-state index in [9.17, 15) is 37.7 Å². The zero-order chi connectivity index (χ0) is 64.8. The van der Waals surface area contributed by atoms with Gasteiger partial charge in [0.25, 0.3) is 27.5 Å². The van der Waals surface area contributed by atoms with Crippen LogP contribution in [0, 0.1) is 21.4 Å². The van der Waals surface area contributed by atoms with Crippen molar-refractivity contribution in [1.82, 2.24) is 39.6 Å². The van der Waals surface area contributed by atoms with Crippen LogP contribution in [0.4, 0.5) is 17.1 Å². The second-order valence-electron chi connectivity index (χ2n) is 26.7. The lowest BCUT2D eigenvalue weighted by Crippen LogP contribution is -2.52. The van der Waals surface area contributed by atoms with Crippen LogP contribution in [0.5, 0.6) is 11.5 Å². The van der Waals surface area contributed by atoms with E-state index in [4.69, 9.17) is 16.3 Å².